The van der Waals surface area contributed by atoms with Crippen LogP contribution in [0.25, 0.3) is 0 Å². The van der Waals surface area contributed by atoms with Crippen molar-refractivity contribution in [3.8, 4) is 0 Å². The molecular weight excluding hydrogens is 80.0 g/mol. The number of aryl methyl sites for hydroxylation is 1. The Morgan fingerprint density at radius 3 is 2.83 bits per heavy atom. The number of rotatable bonds is 0. The Bertz CT molecular complexity index is 113. The molecule has 0 amide bonds. The predicted octanol–water partition coefficient (Wildman–Crippen LogP) is -0.246. The maximum Gasteiger partial charge on any atom is 0.171 e. The molecule has 1 heterocycles. The molecule has 4 nitrogen and oxygen atoms in total. The lowest BCUT2D eigenvalue weighted by atomic mass is 10.8. The molecular formula is C2H6N4. The van der Waals surface area contributed by atoms with Gasteiger partial charge in [0.25, 0.3) is 0 Å². The number of hydrogen-bond acceptors (Lipinski definition) is 3. The zero-order chi connectivity index (χ0) is 4.41. The van der Waals surface area contributed by atoms with Gasteiger partial charge in [-0.3, -0.25) is 0 Å². The van der Waals surface area contributed by atoms with E-state index < -0.39 is 0 Å². The normalized spacial score (nSPS) is 8.83. The van der Waals surface area contributed by atoms with Gasteiger partial charge in [-0.25, -0.2) is 0 Å². The fraction of sp³-hybridized carbons (Fsp3) is 0.500. The fourth-order valence-electron chi connectivity index (χ4n) is 0.212. The van der Waals surface area contributed by atoms with Gasteiger partial charge in [-0.05, 0) is 6.92 Å². The molecule has 6 heavy (non-hydrogen) atoms. The lowest BCUT2D eigenvalue weighted by Crippen LogP contribution is -1.69. The van der Waals surface area contributed by atoms with Crippen LogP contribution in [-0.4, -0.2) is 20.6 Å². The van der Waals surface area contributed by atoms with Crippen LogP contribution in [-0.2, 0) is 0 Å². The number of aromatic amines is 1. The molecule has 0 aliphatic heterocycles. The van der Waals surface area contributed by atoms with Gasteiger partial charge in [0.2, 0.25) is 0 Å². The van der Waals surface area contributed by atoms with Crippen LogP contribution in [0.3, 0.4) is 0 Å². The van der Waals surface area contributed by atoms with E-state index in [9.17, 15) is 0 Å². The molecule has 0 spiro atoms. The van der Waals surface area contributed by atoms with Crippen LogP contribution in [0.4, 0.5) is 0 Å². The van der Waals surface area contributed by atoms with Crippen LogP contribution < -0.4 is 0 Å². The topological polar surface area (TPSA) is 54.5 Å². The maximum atomic E-state index is 3.57. The third-order valence-electron chi connectivity index (χ3n) is 0.451. The van der Waals surface area contributed by atoms with E-state index in [1.54, 1.807) is 6.92 Å². The van der Waals surface area contributed by atoms with Gasteiger partial charge in [-0.2, -0.15) is 5.21 Å². The van der Waals surface area contributed by atoms with Gasteiger partial charge in [0, 0.05) is 1.43 Å². The molecule has 0 saturated carbocycles. The second-order valence-electron chi connectivity index (χ2n) is 0.959. The smallest absolute Gasteiger partial charge is 0.171 e. The number of hydrogen-bond donors (Lipinski definition) is 1. The van der Waals surface area contributed by atoms with Crippen molar-refractivity contribution in [1.29, 1.82) is 0 Å². The van der Waals surface area contributed by atoms with Gasteiger partial charge < -0.3 is 0 Å². The predicted molar refractivity (Wildman–Crippen MR) is 21.0 cm³/mol. The first-order chi connectivity index (χ1) is 2.89. The molecule has 0 unspecified atom stereocenters. The zero-order valence-corrected chi connectivity index (χ0v) is 3.34. The first-order valence-electron chi connectivity index (χ1n) is 1.59. The Morgan fingerprint density at radius 1 is 1.83 bits per heavy atom. The number of H-pyrrole nitrogens is 1. The Labute approximate surface area is 36.1 Å². The van der Waals surface area contributed by atoms with Crippen molar-refractivity contribution in [2.75, 3.05) is 0 Å². The van der Waals surface area contributed by atoms with Gasteiger partial charge >= 0.3 is 0 Å². The minimum atomic E-state index is 0. The van der Waals surface area contributed by atoms with Gasteiger partial charge in [0.05, 0.1) is 0 Å². The molecule has 0 aromatic carbocycles. The summed E-state index contributed by atoms with van der Waals surface area (Å²) in [6, 6.07) is 0. The van der Waals surface area contributed by atoms with Gasteiger partial charge in [0.1, 0.15) is 0 Å². The fourth-order valence-corrected chi connectivity index (χ4v) is 0.212. The van der Waals surface area contributed by atoms with Crippen molar-refractivity contribution < 1.29 is 1.43 Å². The Kier molecular flexibility index (Phi) is 0.567. The molecule has 0 radical (unpaired) electrons. The van der Waals surface area contributed by atoms with Crippen molar-refractivity contribution >= 4 is 0 Å². The van der Waals surface area contributed by atoms with E-state index in [-0.39, 0.29) is 1.43 Å². The average Bonchev–Trinajstić information content (AvgIpc) is 1.86. The van der Waals surface area contributed by atoms with E-state index in [2.05, 4.69) is 20.6 Å². The maximum absolute atomic E-state index is 3.57. The lowest BCUT2D eigenvalue weighted by molar-refractivity contribution is 0.881. The van der Waals surface area contributed by atoms with Gasteiger partial charge in [-0.1, -0.05) is 5.21 Å². The SMILES string of the molecule is Cc1nn[nH]n1.[HH]. The largest absolute Gasteiger partial charge is 0.177 e. The molecule has 4 heteroatoms. The highest BCUT2D eigenvalue weighted by atomic mass is 15.5. The molecule has 1 N–H and O–H groups in total. The van der Waals surface area contributed by atoms with E-state index >= 15 is 0 Å². The second kappa shape index (κ2) is 1.04. The summed E-state index contributed by atoms with van der Waals surface area (Å²) in [7, 11) is 0. The van der Waals surface area contributed by atoms with Crippen molar-refractivity contribution in [2.24, 2.45) is 0 Å². The lowest BCUT2D eigenvalue weighted by Gasteiger charge is -1.59. The van der Waals surface area contributed by atoms with E-state index in [1.165, 1.54) is 0 Å². The zero-order valence-electron chi connectivity index (χ0n) is 3.34. The Balaban J connectivity index is 0.000000360. The molecule has 0 bridgehead atoms. The summed E-state index contributed by atoms with van der Waals surface area (Å²) in [6.07, 6.45) is 0. The third-order valence-corrected chi connectivity index (χ3v) is 0.451. The van der Waals surface area contributed by atoms with Crippen molar-refractivity contribution in [2.45, 2.75) is 6.92 Å². The van der Waals surface area contributed by atoms with Crippen LogP contribution in [0.2, 0.25) is 0 Å². The van der Waals surface area contributed by atoms with E-state index in [1.807, 2.05) is 0 Å². The Morgan fingerprint density at radius 2 is 2.67 bits per heavy atom. The number of nitrogens with zero attached hydrogens (tertiary/aromatic N) is 3. The number of aromatic nitrogens is 4. The molecule has 34 valence electrons. The first kappa shape index (κ1) is 3.27. The minimum Gasteiger partial charge on any atom is -0.177 e. The highest BCUT2D eigenvalue weighted by Gasteiger charge is 1.78. The van der Waals surface area contributed by atoms with Crippen molar-refractivity contribution in [1.82, 2.24) is 20.6 Å². The van der Waals surface area contributed by atoms with Crippen molar-refractivity contribution in [3.05, 3.63) is 5.82 Å². The van der Waals surface area contributed by atoms with Crippen LogP contribution >= 0.6 is 0 Å². The molecule has 1 aromatic heterocycles. The first-order valence-corrected chi connectivity index (χ1v) is 1.59. The minimum absolute atomic E-state index is 0. The summed E-state index contributed by atoms with van der Waals surface area (Å²) in [5, 5.41) is 12.7. The summed E-state index contributed by atoms with van der Waals surface area (Å²) in [6.45, 7) is 1.77. The summed E-state index contributed by atoms with van der Waals surface area (Å²) >= 11 is 0. The molecule has 0 atom stereocenters. The highest BCUT2D eigenvalue weighted by molar-refractivity contribution is 4.63. The number of tetrazole rings is 1. The molecule has 0 saturated heterocycles. The quantitative estimate of drug-likeness (QED) is 0.473. The summed E-state index contributed by atoms with van der Waals surface area (Å²) < 4.78 is 0. The van der Waals surface area contributed by atoms with Crippen LogP contribution in [0, 0.1) is 6.92 Å². The molecule has 0 aliphatic carbocycles. The third kappa shape index (κ3) is 0.357. The van der Waals surface area contributed by atoms with E-state index in [0.29, 0.717) is 5.82 Å². The summed E-state index contributed by atoms with van der Waals surface area (Å²) in [5.74, 6) is 0.676. The standard InChI is InChI=1S/C2H4N4.H2/c1-2-3-5-6-4-2;/h1H3,(H,3,4,5,6);1H. The van der Waals surface area contributed by atoms with Crippen LogP contribution in [0.15, 0.2) is 0 Å². The van der Waals surface area contributed by atoms with E-state index in [4.69, 9.17) is 0 Å². The average molecular weight is 86.1 g/mol. The molecule has 0 fully saturated rings. The van der Waals surface area contributed by atoms with Crippen LogP contribution in [0.1, 0.15) is 7.25 Å². The summed E-state index contributed by atoms with van der Waals surface area (Å²) in [5.41, 5.74) is 0. The highest BCUT2D eigenvalue weighted by Crippen LogP contribution is 1.69. The molecule has 1 aromatic rings. The van der Waals surface area contributed by atoms with Crippen LogP contribution in [0.5, 0.6) is 0 Å². The van der Waals surface area contributed by atoms with Gasteiger partial charge in [0.15, 0.2) is 5.82 Å². The molecule has 1 rings (SSSR count). The van der Waals surface area contributed by atoms with E-state index in [0.717, 1.165) is 0 Å². The second-order valence-corrected chi connectivity index (χ2v) is 0.959. The Hall–Kier alpha value is -0.930. The summed E-state index contributed by atoms with van der Waals surface area (Å²) in [4.78, 5) is 0. The monoisotopic (exact) mass is 86.1 g/mol. The molecule has 0 aliphatic rings. The van der Waals surface area contributed by atoms with Crippen molar-refractivity contribution in [3.63, 3.8) is 0 Å². The number of nitrogens with one attached hydrogen (secondary N) is 1. The van der Waals surface area contributed by atoms with Gasteiger partial charge in [-0.15, -0.1) is 10.2 Å².